The van der Waals surface area contributed by atoms with Crippen molar-refractivity contribution in [1.29, 1.82) is 0 Å². The molecule has 0 saturated heterocycles. The highest BCUT2D eigenvalue weighted by molar-refractivity contribution is 6.34. The Hall–Kier alpha value is -2.70. The quantitative estimate of drug-likeness (QED) is 0.470. The number of aromatic nitrogens is 3. The van der Waals surface area contributed by atoms with Gasteiger partial charge in [-0.25, -0.2) is 9.78 Å². The maximum atomic E-state index is 12.6. The van der Waals surface area contributed by atoms with Gasteiger partial charge in [0.15, 0.2) is 12.3 Å². The molecule has 3 aromatic rings. The first kappa shape index (κ1) is 19.1. The number of aryl methyl sites for hydroxylation is 1. The van der Waals surface area contributed by atoms with Gasteiger partial charge in [-0.1, -0.05) is 23.2 Å². The van der Waals surface area contributed by atoms with Gasteiger partial charge in [0.1, 0.15) is 0 Å². The molecule has 0 fully saturated rings. The van der Waals surface area contributed by atoms with E-state index < -0.39 is 12.6 Å². The Balaban J connectivity index is 1.81. The third-order valence-corrected chi connectivity index (χ3v) is 4.38. The maximum absolute atomic E-state index is 12.6. The molecule has 0 saturated carbocycles. The second-order valence-electron chi connectivity index (χ2n) is 5.84. The first-order valence-corrected chi connectivity index (χ1v) is 8.74. The highest BCUT2D eigenvalue weighted by Crippen LogP contribution is 2.26. The number of rotatable bonds is 5. The lowest BCUT2D eigenvalue weighted by molar-refractivity contribution is 0.0468. The van der Waals surface area contributed by atoms with E-state index in [-0.39, 0.29) is 11.5 Å². The Morgan fingerprint density at radius 1 is 1.07 bits per heavy atom. The van der Waals surface area contributed by atoms with Crippen molar-refractivity contribution in [3.05, 3.63) is 75.5 Å². The van der Waals surface area contributed by atoms with E-state index in [0.717, 1.165) is 11.4 Å². The first-order chi connectivity index (χ1) is 12.9. The predicted molar refractivity (Wildman–Crippen MR) is 102 cm³/mol. The molecule has 138 valence electrons. The molecule has 0 unspecified atom stereocenters. The highest BCUT2D eigenvalue weighted by atomic mass is 35.5. The fraction of sp³-hybridized carbons (Fsp3) is 0.158. The Morgan fingerprint density at radius 3 is 2.41 bits per heavy atom. The van der Waals surface area contributed by atoms with Crippen molar-refractivity contribution in [2.24, 2.45) is 0 Å². The number of halogens is 2. The smallest absolute Gasteiger partial charge is 0.358 e. The van der Waals surface area contributed by atoms with Gasteiger partial charge in [0.25, 0.3) is 0 Å². The van der Waals surface area contributed by atoms with Crippen LogP contribution in [-0.2, 0) is 4.74 Å². The van der Waals surface area contributed by atoms with Crippen LogP contribution < -0.4 is 0 Å². The number of ketones is 1. The molecule has 3 rings (SSSR count). The lowest BCUT2D eigenvalue weighted by Crippen LogP contribution is -2.16. The molecular formula is C19H15Cl2N3O3. The van der Waals surface area contributed by atoms with Crippen LogP contribution in [0.3, 0.4) is 0 Å². The topological polar surface area (TPSA) is 74.1 Å². The number of hydrogen-bond acceptors (Lipinski definition) is 5. The van der Waals surface area contributed by atoms with Gasteiger partial charge in [-0.05, 0) is 38.1 Å². The first-order valence-electron chi connectivity index (χ1n) is 7.98. The number of esters is 1. The Bertz CT molecular complexity index is 996. The van der Waals surface area contributed by atoms with Crippen molar-refractivity contribution in [1.82, 2.24) is 14.5 Å². The fourth-order valence-corrected chi connectivity index (χ4v) is 3.31. The molecule has 2 heterocycles. The molecule has 0 bridgehead atoms. The van der Waals surface area contributed by atoms with Gasteiger partial charge in [0.05, 0.1) is 6.20 Å². The lowest BCUT2D eigenvalue weighted by atomic mass is 10.1. The van der Waals surface area contributed by atoms with E-state index >= 15 is 0 Å². The van der Waals surface area contributed by atoms with Crippen LogP contribution in [0.4, 0.5) is 0 Å². The summed E-state index contributed by atoms with van der Waals surface area (Å²) in [5, 5.41) is 0.992. The average Bonchev–Trinajstić information content (AvgIpc) is 2.93. The predicted octanol–water partition coefficient (Wildman–Crippen LogP) is 4.23. The summed E-state index contributed by atoms with van der Waals surface area (Å²) in [7, 11) is 0. The zero-order chi connectivity index (χ0) is 19.6. The number of carbonyl (C=O) groups excluding carboxylic acids is 2. The largest absolute Gasteiger partial charge is 0.453 e. The van der Waals surface area contributed by atoms with Crippen LogP contribution in [0.25, 0.3) is 5.69 Å². The van der Waals surface area contributed by atoms with Crippen LogP contribution in [0.5, 0.6) is 0 Å². The second-order valence-corrected chi connectivity index (χ2v) is 6.71. The summed E-state index contributed by atoms with van der Waals surface area (Å²) in [6.45, 7) is 3.28. The van der Waals surface area contributed by atoms with E-state index in [1.165, 1.54) is 18.6 Å². The minimum absolute atomic E-state index is 0.0457. The van der Waals surface area contributed by atoms with E-state index in [1.807, 2.05) is 11.5 Å². The third-order valence-electron chi connectivity index (χ3n) is 3.94. The molecule has 6 nitrogen and oxygen atoms in total. The molecule has 0 N–H and O–H groups in total. The van der Waals surface area contributed by atoms with E-state index in [4.69, 9.17) is 27.9 Å². The van der Waals surface area contributed by atoms with Crippen molar-refractivity contribution >= 4 is 35.0 Å². The zero-order valence-electron chi connectivity index (χ0n) is 14.6. The average molecular weight is 404 g/mol. The highest BCUT2D eigenvalue weighted by Gasteiger charge is 2.19. The molecular weight excluding hydrogens is 389 g/mol. The summed E-state index contributed by atoms with van der Waals surface area (Å²) in [5.74, 6) is -1.02. The van der Waals surface area contributed by atoms with Crippen LogP contribution in [0.2, 0.25) is 10.0 Å². The number of ether oxygens (including phenoxy) is 1. The van der Waals surface area contributed by atoms with Gasteiger partial charge in [-0.3, -0.25) is 9.78 Å². The second kappa shape index (κ2) is 7.90. The standard InChI is InChI=1S/C19H15Cl2N3O3/c1-11-5-16(12(2)24(11)15-7-13(20)6-14(21)8-15)18(25)10-27-19(26)17-9-22-3-4-23-17/h3-9H,10H2,1-2H3. The maximum Gasteiger partial charge on any atom is 0.358 e. The van der Waals surface area contributed by atoms with Crippen molar-refractivity contribution in [2.45, 2.75) is 13.8 Å². The van der Waals surface area contributed by atoms with Crippen LogP contribution in [-0.4, -0.2) is 32.9 Å². The van der Waals surface area contributed by atoms with Gasteiger partial charge in [-0.2, -0.15) is 0 Å². The third kappa shape index (κ3) is 4.18. The summed E-state index contributed by atoms with van der Waals surface area (Å²) in [4.78, 5) is 32.1. The van der Waals surface area contributed by atoms with Crippen LogP contribution >= 0.6 is 23.2 Å². The number of nitrogens with zero attached hydrogens (tertiary/aromatic N) is 3. The van der Waals surface area contributed by atoms with Crippen LogP contribution in [0.1, 0.15) is 32.2 Å². The van der Waals surface area contributed by atoms with E-state index in [2.05, 4.69) is 9.97 Å². The van der Waals surface area contributed by atoms with Crippen molar-refractivity contribution in [3.63, 3.8) is 0 Å². The van der Waals surface area contributed by atoms with E-state index in [0.29, 0.717) is 21.3 Å². The van der Waals surface area contributed by atoms with Crippen LogP contribution in [0.15, 0.2) is 42.9 Å². The number of Topliss-reactive ketones (excluding diaryl/α,β-unsaturated/α-hetero) is 1. The van der Waals surface area contributed by atoms with Gasteiger partial charge in [-0.15, -0.1) is 0 Å². The Kier molecular flexibility index (Phi) is 5.58. The lowest BCUT2D eigenvalue weighted by Gasteiger charge is -2.11. The summed E-state index contributed by atoms with van der Waals surface area (Å²) in [5.41, 5.74) is 2.78. The van der Waals surface area contributed by atoms with Gasteiger partial charge >= 0.3 is 5.97 Å². The molecule has 2 aromatic heterocycles. The normalized spacial score (nSPS) is 10.7. The minimum Gasteiger partial charge on any atom is -0.453 e. The van der Waals surface area contributed by atoms with Crippen LogP contribution in [0, 0.1) is 13.8 Å². The summed E-state index contributed by atoms with van der Waals surface area (Å²) in [6, 6.07) is 6.90. The SMILES string of the molecule is Cc1cc(C(=O)COC(=O)c2cnccn2)c(C)n1-c1cc(Cl)cc(Cl)c1. The number of benzene rings is 1. The Morgan fingerprint density at radius 2 is 1.78 bits per heavy atom. The molecule has 0 radical (unpaired) electrons. The summed E-state index contributed by atoms with van der Waals surface area (Å²) in [6.07, 6.45) is 4.10. The van der Waals surface area contributed by atoms with E-state index in [1.54, 1.807) is 31.2 Å². The minimum atomic E-state index is -0.702. The monoisotopic (exact) mass is 403 g/mol. The van der Waals surface area contributed by atoms with Crippen molar-refractivity contribution in [2.75, 3.05) is 6.61 Å². The molecule has 0 amide bonds. The van der Waals surface area contributed by atoms with E-state index in [9.17, 15) is 9.59 Å². The van der Waals surface area contributed by atoms with Gasteiger partial charge in [0.2, 0.25) is 5.78 Å². The number of hydrogen-bond donors (Lipinski definition) is 0. The molecule has 0 aliphatic rings. The molecule has 0 aliphatic carbocycles. The zero-order valence-corrected chi connectivity index (χ0v) is 16.1. The molecule has 1 aromatic carbocycles. The van der Waals surface area contributed by atoms with Crippen molar-refractivity contribution < 1.29 is 14.3 Å². The molecule has 0 atom stereocenters. The molecule has 0 spiro atoms. The molecule has 8 heteroatoms. The molecule has 27 heavy (non-hydrogen) atoms. The molecule has 0 aliphatic heterocycles. The van der Waals surface area contributed by atoms with Crippen molar-refractivity contribution in [3.8, 4) is 5.69 Å². The fourth-order valence-electron chi connectivity index (χ4n) is 2.80. The summed E-state index contributed by atoms with van der Waals surface area (Å²) >= 11 is 12.2. The summed E-state index contributed by atoms with van der Waals surface area (Å²) < 4.78 is 6.92. The van der Waals surface area contributed by atoms with Gasteiger partial charge in [0, 0.05) is 45.1 Å². The Labute approximate surface area is 165 Å². The van der Waals surface area contributed by atoms with Gasteiger partial charge < -0.3 is 9.30 Å². The number of carbonyl (C=O) groups is 2.